The van der Waals surface area contributed by atoms with Crippen LogP contribution in [0.1, 0.15) is 0 Å². The van der Waals surface area contributed by atoms with Crippen molar-refractivity contribution < 1.29 is 0 Å². The van der Waals surface area contributed by atoms with Crippen molar-refractivity contribution in [3.8, 4) is 66.2 Å². The number of hydrogen-bond donors (Lipinski definition) is 0. The molecule has 0 aliphatic rings. The van der Waals surface area contributed by atoms with E-state index in [0.29, 0.717) is 0 Å². The Morgan fingerprint density at radius 3 is 1.68 bits per heavy atom. The molecule has 0 bridgehead atoms. The highest BCUT2D eigenvalue weighted by Crippen LogP contribution is 2.45. The predicted molar refractivity (Wildman–Crippen MR) is 221 cm³/mol. The minimum atomic E-state index is 1.01. The standard InChI is InChI=1S/C48H30N4S/c1-3-14-39-35(9-1)27-50-29-43(39)34-12-7-11-33(23-34)41-24-38(44-30-51-28-36-10-2-4-15-40(36)44)25-42(37-13-8-22-49-26-37)47(41)31-18-20-32(21-19-31)48-52-45-16-5-6-17-46(45)53-48/h1-30H. The van der Waals surface area contributed by atoms with Gasteiger partial charge in [0.15, 0.2) is 0 Å². The summed E-state index contributed by atoms with van der Waals surface area (Å²) in [6.07, 6.45) is 11.6. The lowest BCUT2D eigenvalue weighted by Gasteiger charge is -2.20. The Bertz CT molecular complexity index is 2910. The number of thiazole rings is 1. The van der Waals surface area contributed by atoms with Crippen LogP contribution in [0.4, 0.5) is 0 Å². The van der Waals surface area contributed by atoms with Gasteiger partial charge in [-0.3, -0.25) is 15.0 Å². The Morgan fingerprint density at radius 2 is 0.981 bits per heavy atom. The molecule has 6 aromatic carbocycles. The molecule has 0 N–H and O–H groups in total. The van der Waals surface area contributed by atoms with Crippen molar-refractivity contribution in [2.45, 2.75) is 0 Å². The molecule has 0 saturated carbocycles. The summed E-state index contributed by atoms with van der Waals surface area (Å²) in [5.74, 6) is 0. The third kappa shape index (κ3) is 5.64. The van der Waals surface area contributed by atoms with Crippen LogP contribution in [0.3, 0.4) is 0 Å². The highest BCUT2D eigenvalue weighted by molar-refractivity contribution is 7.21. The molecule has 4 heterocycles. The zero-order chi connectivity index (χ0) is 35.1. The van der Waals surface area contributed by atoms with Gasteiger partial charge in [0.2, 0.25) is 0 Å². The van der Waals surface area contributed by atoms with Gasteiger partial charge in [-0.1, -0.05) is 109 Å². The Balaban J connectivity index is 1.23. The molecule has 0 saturated heterocycles. The molecule has 4 aromatic heterocycles. The molecule has 5 heteroatoms. The lowest BCUT2D eigenvalue weighted by atomic mass is 9.84. The minimum absolute atomic E-state index is 1.01. The van der Waals surface area contributed by atoms with Gasteiger partial charge in [0, 0.05) is 70.2 Å². The molecule has 0 spiro atoms. The van der Waals surface area contributed by atoms with Gasteiger partial charge < -0.3 is 0 Å². The maximum absolute atomic E-state index is 4.94. The SMILES string of the molecule is c1cncc(-c2cc(-c3cncc4ccccc34)cc(-c3cccc(-c4cncc5ccccc45)c3)c2-c2ccc(-c3nc4ccccc4s3)cc2)c1. The summed E-state index contributed by atoms with van der Waals surface area (Å²) in [6, 6.07) is 51.7. The van der Waals surface area contributed by atoms with Crippen LogP contribution in [-0.4, -0.2) is 19.9 Å². The van der Waals surface area contributed by atoms with Gasteiger partial charge in [-0.25, -0.2) is 4.98 Å². The first kappa shape index (κ1) is 31.0. The molecule has 4 nitrogen and oxygen atoms in total. The van der Waals surface area contributed by atoms with E-state index in [1.807, 2.05) is 49.3 Å². The smallest absolute Gasteiger partial charge is 0.124 e. The van der Waals surface area contributed by atoms with Crippen LogP contribution in [0.5, 0.6) is 0 Å². The number of aromatic nitrogens is 4. The lowest BCUT2D eigenvalue weighted by molar-refractivity contribution is 1.33. The van der Waals surface area contributed by atoms with Crippen molar-refractivity contribution in [3.63, 3.8) is 0 Å². The van der Waals surface area contributed by atoms with Gasteiger partial charge in [-0.05, 0) is 86.1 Å². The topological polar surface area (TPSA) is 51.6 Å². The first-order valence-corrected chi connectivity index (χ1v) is 18.4. The highest BCUT2D eigenvalue weighted by atomic mass is 32.1. The van der Waals surface area contributed by atoms with E-state index in [4.69, 9.17) is 4.98 Å². The first-order valence-electron chi connectivity index (χ1n) is 17.6. The molecule has 0 fully saturated rings. The Kier molecular flexibility index (Phi) is 7.63. The summed E-state index contributed by atoms with van der Waals surface area (Å²) in [5.41, 5.74) is 13.2. The highest BCUT2D eigenvalue weighted by Gasteiger charge is 2.20. The van der Waals surface area contributed by atoms with E-state index >= 15 is 0 Å². The average Bonchev–Trinajstić information content (AvgIpc) is 3.68. The maximum Gasteiger partial charge on any atom is 0.124 e. The van der Waals surface area contributed by atoms with E-state index < -0.39 is 0 Å². The van der Waals surface area contributed by atoms with Gasteiger partial charge in [-0.2, -0.15) is 0 Å². The van der Waals surface area contributed by atoms with Crippen molar-refractivity contribution >= 4 is 43.1 Å². The van der Waals surface area contributed by atoms with E-state index in [1.165, 1.54) is 10.1 Å². The second kappa shape index (κ2) is 13.1. The van der Waals surface area contributed by atoms with Gasteiger partial charge in [0.1, 0.15) is 5.01 Å². The van der Waals surface area contributed by atoms with Crippen molar-refractivity contribution in [1.29, 1.82) is 0 Å². The molecule has 10 rings (SSSR count). The van der Waals surface area contributed by atoms with Crippen molar-refractivity contribution in [2.75, 3.05) is 0 Å². The number of hydrogen-bond acceptors (Lipinski definition) is 5. The summed E-state index contributed by atoms with van der Waals surface area (Å²) in [7, 11) is 0. The molecule has 0 atom stereocenters. The normalized spacial score (nSPS) is 11.4. The van der Waals surface area contributed by atoms with Gasteiger partial charge >= 0.3 is 0 Å². The third-order valence-corrected chi connectivity index (χ3v) is 11.0. The van der Waals surface area contributed by atoms with E-state index in [9.17, 15) is 0 Å². The molecule has 0 aliphatic carbocycles. The van der Waals surface area contributed by atoms with Crippen LogP contribution in [0.15, 0.2) is 183 Å². The van der Waals surface area contributed by atoms with Gasteiger partial charge in [0.25, 0.3) is 0 Å². The molecular weight excluding hydrogens is 665 g/mol. The van der Waals surface area contributed by atoms with Crippen LogP contribution in [0.25, 0.3) is 98.0 Å². The first-order chi connectivity index (χ1) is 26.3. The summed E-state index contributed by atoms with van der Waals surface area (Å²) in [4.78, 5) is 18.8. The van der Waals surface area contributed by atoms with Gasteiger partial charge in [-0.15, -0.1) is 11.3 Å². The fourth-order valence-corrected chi connectivity index (χ4v) is 8.38. The Morgan fingerprint density at radius 1 is 0.377 bits per heavy atom. The number of nitrogens with zero attached hydrogens (tertiary/aromatic N) is 4. The van der Waals surface area contributed by atoms with Crippen LogP contribution >= 0.6 is 11.3 Å². The molecule has 0 aliphatic heterocycles. The van der Waals surface area contributed by atoms with Crippen LogP contribution < -0.4 is 0 Å². The maximum atomic E-state index is 4.94. The molecule has 0 radical (unpaired) electrons. The second-order valence-electron chi connectivity index (χ2n) is 13.1. The molecule has 0 amide bonds. The van der Waals surface area contributed by atoms with E-state index in [0.717, 1.165) is 87.9 Å². The minimum Gasteiger partial charge on any atom is -0.264 e. The molecule has 10 aromatic rings. The molecule has 53 heavy (non-hydrogen) atoms. The second-order valence-corrected chi connectivity index (χ2v) is 14.2. The fraction of sp³-hybridized carbons (Fsp3) is 0. The number of rotatable bonds is 6. The van der Waals surface area contributed by atoms with Crippen molar-refractivity contribution in [2.24, 2.45) is 0 Å². The van der Waals surface area contributed by atoms with Gasteiger partial charge in [0.05, 0.1) is 10.2 Å². The van der Waals surface area contributed by atoms with E-state index in [-0.39, 0.29) is 0 Å². The van der Waals surface area contributed by atoms with E-state index in [2.05, 4.69) is 148 Å². The zero-order valence-electron chi connectivity index (χ0n) is 28.5. The lowest BCUT2D eigenvalue weighted by Crippen LogP contribution is -1.95. The fourth-order valence-electron chi connectivity index (χ4n) is 7.41. The quantitative estimate of drug-likeness (QED) is 0.174. The summed E-state index contributed by atoms with van der Waals surface area (Å²) < 4.78 is 1.19. The molecule has 248 valence electrons. The Labute approximate surface area is 310 Å². The third-order valence-electron chi connectivity index (χ3n) is 9.96. The van der Waals surface area contributed by atoms with Crippen LogP contribution in [0.2, 0.25) is 0 Å². The monoisotopic (exact) mass is 694 g/mol. The van der Waals surface area contributed by atoms with Crippen LogP contribution in [0, 0.1) is 0 Å². The molecule has 0 unspecified atom stereocenters. The van der Waals surface area contributed by atoms with E-state index in [1.54, 1.807) is 11.3 Å². The predicted octanol–water partition coefficient (Wildman–Crippen LogP) is 12.8. The summed E-state index contributed by atoms with van der Waals surface area (Å²) in [6.45, 7) is 0. The summed E-state index contributed by atoms with van der Waals surface area (Å²) in [5, 5.41) is 5.58. The van der Waals surface area contributed by atoms with Crippen LogP contribution in [-0.2, 0) is 0 Å². The largest absolute Gasteiger partial charge is 0.264 e. The number of benzene rings is 6. The number of para-hydroxylation sites is 1. The number of pyridine rings is 3. The summed E-state index contributed by atoms with van der Waals surface area (Å²) >= 11 is 1.72. The number of fused-ring (bicyclic) bond motifs is 3. The average molecular weight is 695 g/mol. The zero-order valence-corrected chi connectivity index (χ0v) is 29.3. The van der Waals surface area contributed by atoms with Crippen molar-refractivity contribution in [1.82, 2.24) is 19.9 Å². The molecular formula is C48H30N4S. The Hall–Kier alpha value is -6.82. The van der Waals surface area contributed by atoms with Crippen molar-refractivity contribution in [3.05, 3.63) is 183 Å².